The monoisotopic (exact) mass is 440 g/mol. The van der Waals surface area contributed by atoms with Gasteiger partial charge >= 0.3 is 0 Å². The number of fused-ring (bicyclic) bond motifs is 1. The maximum absolute atomic E-state index is 12.2. The Morgan fingerprint density at radius 3 is 2.61 bits per heavy atom. The van der Waals surface area contributed by atoms with E-state index in [1.54, 1.807) is 6.20 Å². The molecule has 2 aromatic carbocycles. The third-order valence-electron chi connectivity index (χ3n) is 6.25. The van der Waals surface area contributed by atoms with Gasteiger partial charge in [-0.25, -0.2) is 4.98 Å². The van der Waals surface area contributed by atoms with E-state index in [9.17, 15) is 4.79 Å². The molecule has 0 atom stereocenters. The fourth-order valence-electron chi connectivity index (χ4n) is 4.43. The second-order valence-corrected chi connectivity index (χ2v) is 8.38. The highest BCUT2D eigenvalue weighted by atomic mass is 16.1. The van der Waals surface area contributed by atoms with Gasteiger partial charge in [0, 0.05) is 67.7 Å². The van der Waals surface area contributed by atoms with Crippen molar-refractivity contribution in [2.75, 3.05) is 29.9 Å². The minimum absolute atomic E-state index is 0.254. The van der Waals surface area contributed by atoms with Gasteiger partial charge in [0.15, 0.2) is 0 Å². The molecule has 0 bridgehead atoms. The molecule has 2 N–H and O–H groups in total. The Kier molecular flexibility index (Phi) is 6.30. The zero-order valence-corrected chi connectivity index (χ0v) is 18.5. The standard InChI is InChI=1S/C26H28N6O/c33-26(24-19-27-12-13-29-24)30-22-5-7-23(8-6-22)31-16-10-21(11-17-31)28-14-18-32-15-9-20-3-1-2-4-25(20)32/h1-9,12-13,15,19,21,28H,10-11,14,16-18H2,(H,30,33). The van der Waals surface area contributed by atoms with E-state index in [0.717, 1.165) is 44.7 Å². The Labute approximate surface area is 193 Å². The van der Waals surface area contributed by atoms with E-state index in [1.165, 1.54) is 29.0 Å². The molecule has 1 saturated heterocycles. The predicted molar refractivity (Wildman–Crippen MR) is 132 cm³/mol. The summed E-state index contributed by atoms with van der Waals surface area (Å²) in [5.74, 6) is -0.254. The molecule has 7 nitrogen and oxygen atoms in total. The zero-order chi connectivity index (χ0) is 22.5. The molecule has 1 amide bonds. The Morgan fingerprint density at radius 2 is 1.82 bits per heavy atom. The molecule has 1 aliphatic heterocycles. The summed E-state index contributed by atoms with van der Waals surface area (Å²) in [7, 11) is 0. The van der Waals surface area contributed by atoms with Crippen LogP contribution in [0.5, 0.6) is 0 Å². The van der Waals surface area contributed by atoms with E-state index in [-0.39, 0.29) is 5.91 Å². The first-order valence-electron chi connectivity index (χ1n) is 11.5. The molecule has 2 aromatic heterocycles. The number of amides is 1. The molecule has 4 aromatic rings. The number of piperidine rings is 1. The molecule has 3 heterocycles. The third kappa shape index (κ3) is 5.04. The quantitative estimate of drug-likeness (QED) is 0.455. The van der Waals surface area contributed by atoms with Crippen LogP contribution in [0.25, 0.3) is 10.9 Å². The smallest absolute Gasteiger partial charge is 0.275 e. The van der Waals surface area contributed by atoms with Crippen molar-refractivity contribution in [3.8, 4) is 0 Å². The topological polar surface area (TPSA) is 75.1 Å². The Morgan fingerprint density at radius 1 is 1.00 bits per heavy atom. The average Bonchev–Trinajstić information content (AvgIpc) is 3.29. The summed E-state index contributed by atoms with van der Waals surface area (Å²) in [5.41, 5.74) is 3.54. The number of aromatic nitrogens is 3. The fourth-order valence-corrected chi connectivity index (χ4v) is 4.43. The number of carbonyl (C=O) groups excluding carboxylic acids is 1. The Balaban J connectivity index is 1.08. The summed E-state index contributed by atoms with van der Waals surface area (Å²) < 4.78 is 2.32. The highest BCUT2D eigenvalue weighted by molar-refractivity contribution is 6.02. The summed E-state index contributed by atoms with van der Waals surface area (Å²) in [5, 5.41) is 7.90. The first-order valence-corrected chi connectivity index (χ1v) is 11.5. The lowest BCUT2D eigenvalue weighted by molar-refractivity contribution is 0.102. The van der Waals surface area contributed by atoms with Gasteiger partial charge in [0.2, 0.25) is 0 Å². The number of hydrogen-bond donors (Lipinski definition) is 2. The van der Waals surface area contributed by atoms with Crippen molar-refractivity contribution in [1.82, 2.24) is 19.9 Å². The average molecular weight is 441 g/mol. The van der Waals surface area contributed by atoms with Crippen LogP contribution in [0.4, 0.5) is 11.4 Å². The molecule has 168 valence electrons. The van der Waals surface area contributed by atoms with Crippen LogP contribution in [0.3, 0.4) is 0 Å². The second kappa shape index (κ2) is 9.83. The second-order valence-electron chi connectivity index (χ2n) is 8.38. The maximum Gasteiger partial charge on any atom is 0.275 e. The summed E-state index contributed by atoms with van der Waals surface area (Å²) in [6.07, 6.45) is 8.94. The van der Waals surface area contributed by atoms with Gasteiger partial charge in [0.1, 0.15) is 5.69 Å². The van der Waals surface area contributed by atoms with Crippen molar-refractivity contribution in [3.05, 3.63) is 85.1 Å². The summed E-state index contributed by atoms with van der Waals surface area (Å²) in [6.45, 7) is 4.00. The first-order chi connectivity index (χ1) is 16.3. The molecule has 1 fully saturated rings. The van der Waals surface area contributed by atoms with Gasteiger partial charge in [-0.05, 0) is 54.6 Å². The van der Waals surface area contributed by atoms with Gasteiger partial charge in [-0.2, -0.15) is 0 Å². The van der Waals surface area contributed by atoms with Crippen LogP contribution in [-0.2, 0) is 6.54 Å². The van der Waals surface area contributed by atoms with Crippen molar-refractivity contribution < 1.29 is 4.79 Å². The highest BCUT2D eigenvalue weighted by Crippen LogP contribution is 2.22. The Hall–Kier alpha value is -3.71. The SMILES string of the molecule is O=C(Nc1ccc(N2CCC(NCCn3ccc4ccccc43)CC2)cc1)c1cnccn1. The highest BCUT2D eigenvalue weighted by Gasteiger charge is 2.19. The van der Waals surface area contributed by atoms with E-state index in [1.807, 2.05) is 12.1 Å². The van der Waals surface area contributed by atoms with Gasteiger partial charge in [-0.3, -0.25) is 9.78 Å². The van der Waals surface area contributed by atoms with Gasteiger partial charge in [0.05, 0.1) is 6.20 Å². The number of nitrogens with one attached hydrogen (secondary N) is 2. The van der Waals surface area contributed by atoms with Crippen molar-refractivity contribution in [2.24, 2.45) is 0 Å². The number of nitrogens with zero attached hydrogens (tertiary/aromatic N) is 4. The third-order valence-corrected chi connectivity index (χ3v) is 6.25. The number of para-hydroxylation sites is 1. The number of carbonyl (C=O) groups is 1. The van der Waals surface area contributed by atoms with Crippen LogP contribution in [0.1, 0.15) is 23.3 Å². The van der Waals surface area contributed by atoms with Crippen LogP contribution in [0, 0.1) is 0 Å². The lowest BCUT2D eigenvalue weighted by atomic mass is 10.0. The number of benzene rings is 2. The van der Waals surface area contributed by atoms with Gasteiger partial charge in [-0.15, -0.1) is 0 Å². The predicted octanol–water partition coefficient (Wildman–Crippen LogP) is 3.94. The van der Waals surface area contributed by atoms with Crippen LogP contribution in [0.15, 0.2) is 79.4 Å². The van der Waals surface area contributed by atoms with E-state index in [2.05, 4.69) is 78.7 Å². The normalized spacial score (nSPS) is 14.5. The van der Waals surface area contributed by atoms with E-state index in [4.69, 9.17) is 0 Å². The minimum atomic E-state index is -0.254. The lowest BCUT2D eigenvalue weighted by Gasteiger charge is -2.34. The van der Waals surface area contributed by atoms with Crippen LogP contribution < -0.4 is 15.5 Å². The van der Waals surface area contributed by atoms with Crippen molar-refractivity contribution in [1.29, 1.82) is 0 Å². The zero-order valence-electron chi connectivity index (χ0n) is 18.5. The molecule has 0 radical (unpaired) electrons. The summed E-state index contributed by atoms with van der Waals surface area (Å²) in [6, 6.07) is 19.3. The minimum Gasteiger partial charge on any atom is -0.371 e. The molecule has 0 aliphatic carbocycles. The van der Waals surface area contributed by atoms with Crippen molar-refractivity contribution in [3.63, 3.8) is 0 Å². The van der Waals surface area contributed by atoms with Gasteiger partial charge in [0.25, 0.3) is 5.91 Å². The van der Waals surface area contributed by atoms with E-state index >= 15 is 0 Å². The molecule has 0 saturated carbocycles. The molecule has 0 spiro atoms. The molecule has 0 unspecified atom stereocenters. The van der Waals surface area contributed by atoms with Crippen molar-refractivity contribution in [2.45, 2.75) is 25.4 Å². The largest absolute Gasteiger partial charge is 0.371 e. The Bertz CT molecular complexity index is 1200. The van der Waals surface area contributed by atoms with Crippen LogP contribution in [0.2, 0.25) is 0 Å². The number of anilines is 2. The van der Waals surface area contributed by atoms with Gasteiger partial charge < -0.3 is 20.1 Å². The molecular formula is C26H28N6O. The van der Waals surface area contributed by atoms with E-state index in [0.29, 0.717) is 11.7 Å². The molecule has 7 heteroatoms. The summed E-state index contributed by atoms with van der Waals surface area (Å²) >= 11 is 0. The molecule has 1 aliphatic rings. The molecule has 33 heavy (non-hydrogen) atoms. The van der Waals surface area contributed by atoms with Gasteiger partial charge in [-0.1, -0.05) is 18.2 Å². The fraction of sp³-hybridized carbons (Fsp3) is 0.269. The number of hydrogen-bond acceptors (Lipinski definition) is 5. The summed E-state index contributed by atoms with van der Waals surface area (Å²) in [4.78, 5) is 22.6. The lowest BCUT2D eigenvalue weighted by Crippen LogP contribution is -2.43. The maximum atomic E-state index is 12.2. The van der Waals surface area contributed by atoms with E-state index < -0.39 is 0 Å². The number of rotatable bonds is 7. The van der Waals surface area contributed by atoms with Crippen LogP contribution in [-0.4, -0.2) is 46.1 Å². The van der Waals surface area contributed by atoms with Crippen molar-refractivity contribution >= 4 is 28.2 Å². The molecular weight excluding hydrogens is 412 g/mol. The van der Waals surface area contributed by atoms with Crippen LogP contribution >= 0.6 is 0 Å². The molecule has 5 rings (SSSR count). The first kappa shape index (κ1) is 21.2.